The van der Waals surface area contributed by atoms with Crippen molar-refractivity contribution >= 4 is 29.5 Å². The summed E-state index contributed by atoms with van der Waals surface area (Å²) in [4.78, 5) is 58.0. The molecule has 7 saturated carbocycles. The van der Waals surface area contributed by atoms with Crippen molar-refractivity contribution in [3.63, 3.8) is 0 Å². The van der Waals surface area contributed by atoms with Crippen molar-refractivity contribution in [3.8, 4) is 0 Å². The number of allylic oxidation sites excluding steroid dienone is 3. The molecule has 68 heavy (non-hydrogen) atoms. The summed E-state index contributed by atoms with van der Waals surface area (Å²) in [5.74, 6) is -1.85. The first-order valence-electron chi connectivity index (χ1n) is 25.2. The molecule has 0 bridgehead atoms. The van der Waals surface area contributed by atoms with Gasteiger partial charge in [0.2, 0.25) is 0 Å². The Bertz CT molecular complexity index is 2050. The van der Waals surface area contributed by atoms with E-state index in [9.17, 15) is 49.8 Å². The van der Waals surface area contributed by atoms with Gasteiger partial charge in [-0.25, -0.2) is 4.79 Å². The predicted octanol–water partition coefficient (Wildman–Crippen LogP) is 3.21. The molecule has 0 aromatic heterocycles. The van der Waals surface area contributed by atoms with E-state index in [1.54, 1.807) is 6.08 Å². The summed E-state index contributed by atoms with van der Waals surface area (Å²) < 4.78 is 5.87. The van der Waals surface area contributed by atoms with E-state index in [1.807, 2.05) is 26.8 Å². The van der Waals surface area contributed by atoms with Crippen LogP contribution in [0.3, 0.4) is 0 Å². The van der Waals surface area contributed by atoms with Gasteiger partial charge in [-0.05, 0) is 185 Å². The average Bonchev–Trinajstić information content (AvgIpc) is 3.66. The molecule has 6 N–H and O–H groups in total. The van der Waals surface area contributed by atoms with E-state index < -0.39 is 59.6 Å². The van der Waals surface area contributed by atoms with Crippen LogP contribution in [0.1, 0.15) is 166 Å². The number of hydrogen-bond acceptors (Lipinski definition) is 12. The maximum atomic E-state index is 12.6. The van der Waals surface area contributed by atoms with Gasteiger partial charge in [0.05, 0.1) is 18.3 Å². The van der Waals surface area contributed by atoms with Gasteiger partial charge in [0.15, 0.2) is 11.6 Å². The Morgan fingerprint density at radius 3 is 2.04 bits per heavy atom. The third-order valence-corrected chi connectivity index (χ3v) is 20.2. The van der Waals surface area contributed by atoms with Gasteiger partial charge in [0.1, 0.15) is 18.3 Å². The minimum Gasteiger partial charge on any atom is -0.550 e. The van der Waals surface area contributed by atoms with Crippen molar-refractivity contribution in [2.45, 2.75) is 196 Å². The van der Waals surface area contributed by atoms with Crippen molar-refractivity contribution in [2.75, 3.05) is 6.61 Å². The summed E-state index contributed by atoms with van der Waals surface area (Å²) in [6.07, 6.45) is 12.0. The van der Waals surface area contributed by atoms with Gasteiger partial charge >= 0.3 is 41.5 Å². The van der Waals surface area contributed by atoms with Crippen LogP contribution in [0.2, 0.25) is 0 Å². The Labute approximate surface area is 426 Å². The largest absolute Gasteiger partial charge is 1.00 e. The maximum absolute atomic E-state index is 12.6. The fraction of sp³-hybridized carbons (Fsp3) is 0.796. The summed E-state index contributed by atoms with van der Waals surface area (Å²) >= 11 is 0. The van der Waals surface area contributed by atoms with E-state index in [2.05, 4.69) is 34.6 Å². The molecule has 17 atom stereocenters. The van der Waals surface area contributed by atoms with E-state index in [0.717, 1.165) is 69.4 Å². The topological polar surface area (TPSA) is 239 Å². The first kappa shape index (κ1) is 56.7. The van der Waals surface area contributed by atoms with Crippen LogP contribution in [0.15, 0.2) is 34.4 Å². The molecular formula is C54H81NaO13. The summed E-state index contributed by atoms with van der Waals surface area (Å²) in [6.45, 7) is 18.9. The molecule has 0 heterocycles. The molecule has 2 unspecified atom stereocenters. The zero-order valence-corrected chi connectivity index (χ0v) is 44.9. The van der Waals surface area contributed by atoms with E-state index >= 15 is 0 Å². The van der Waals surface area contributed by atoms with E-state index in [1.165, 1.54) is 12.5 Å². The Balaban J connectivity index is 0.000000243. The van der Waals surface area contributed by atoms with Crippen LogP contribution in [-0.2, 0) is 28.7 Å². The molecule has 0 radical (unpaired) electrons. The second kappa shape index (κ2) is 20.7. The first-order valence-corrected chi connectivity index (χ1v) is 25.2. The number of carbonyl (C=O) groups is 5. The Morgan fingerprint density at radius 2 is 1.46 bits per heavy atom. The number of carbonyl (C=O) groups excluding carboxylic acids is 4. The maximum Gasteiger partial charge on any atom is 1.00 e. The SMILES string of the molecule is CC(=O)O[C@H]1C[C@@]2(C)[C@H](C[C@@H](O)C3[C@@]4(C)CC[C@@H](O)[C@@H](C)C4CC[C@@]32C)C1=C(CCC=C(C)C)C(=O)O.CC(=O)[O-].C[C@]12CCC(=O)C=C1CC[C@@H]1[C@@H]2[C@@H](O)C[C@@]2(C)[C@H]1CC[C@]2(O)C(=O)CO.[Na+]. The predicted molar refractivity (Wildman–Crippen MR) is 248 cm³/mol. The molecule has 0 aromatic carbocycles. The van der Waals surface area contributed by atoms with Crippen LogP contribution < -0.4 is 34.7 Å². The van der Waals surface area contributed by atoms with Crippen LogP contribution in [0.4, 0.5) is 0 Å². The number of esters is 1. The third kappa shape index (κ3) is 9.48. The fourth-order valence-corrected chi connectivity index (χ4v) is 17.1. The Kier molecular flexibility index (Phi) is 17.3. The van der Waals surface area contributed by atoms with E-state index in [-0.39, 0.29) is 98.6 Å². The van der Waals surface area contributed by atoms with Crippen molar-refractivity contribution in [1.82, 2.24) is 0 Å². The molecule has 8 aliphatic carbocycles. The average molecular weight is 961 g/mol. The van der Waals surface area contributed by atoms with E-state index in [0.29, 0.717) is 56.4 Å². The number of ether oxygens (including phenoxy) is 1. The first-order chi connectivity index (χ1) is 31.1. The summed E-state index contributed by atoms with van der Waals surface area (Å²) in [5, 5.41) is 73.5. The van der Waals surface area contributed by atoms with Crippen molar-refractivity contribution in [3.05, 3.63) is 34.4 Å². The number of hydrogen-bond donors (Lipinski definition) is 6. The molecule has 7 fully saturated rings. The van der Waals surface area contributed by atoms with Gasteiger partial charge in [-0.15, -0.1) is 0 Å². The van der Waals surface area contributed by atoms with Gasteiger partial charge < -0.3 is 45.3 Å². The van der Waals surface area contributed by atoms with Gasteiger partial charge in [-0.1, -0.05) is 58.8 Å². The number of aliphatic hydroxyl groups excluding tert-OH is 4. The second-order valence-electron chi connectivity index (χ2n) is 23.7. The quantitative estimate of drug-likeness (QED) is 0.0932. The summed E-state index contributed by atoms with van der Waals surface area (Å²) in [5.41, 5.74) is 0.337. The molecule has 14 heteroatoms. The Hall–Kier alpha value is -2.23. The molecule has 0 aliphatic heterocycles. The van der Waals surface area contributed by atoms with Crippen LogP contribution in [0.25, 0.3) is 0 Å². The fourth-order valence-electron chi connectivity index (χ4n) is 17.1. The standard InChI is InChI=1S/C31H48O6.C21H30O5.C2H4O2.Na/c1-17(2)9-8-10-20(28(35)36)26-22-15-24(34)27-29(5)13-12-23(33)18(3)21(29)11-14-30(27,6)31(22,7)16-25(26)37-19(4)32;1-19-7-5-13(23)9-12(19)3-4-14-15-6-8-21(26,17(25)11-22)20(15,2)10-16(24)18(14)19;1-2(3)4;/h9,18,21-25,27,33-34H,8,10-16H2,1-7H3,(H,35,36);9,14-16,18,22,24,26H,3-8,10-11H2,1-2H3;1H3,(H,3,4);/q;;;+1/p-1/t18-,21?,22+,23+,24+,25-,27?,29-,30-,31-;14-,15-,16-,18+,19-,20-,21-;;/m00../s1. The Morgan fingerprint density at radius 1 is 0.824 bits per heavy atom. The summed E-state index contributed by atoms with van der Waals surface area (Å²) in [7, 11) is 0. The molecular weight excluding hydrogens is 880 g/mol. The zero-order valence-electron chi connectivity index (χ0n) is 42.9. The van der Waals surface area contributed by atoms with Crippen LogP contribution >= 0.6 is 0 Å². The minimum absolute atomic E-state index is 0. The molecule has 0 spiro atoms. The molecule has 0 saturated heterocycles. The van der Waals surface area contributed by atoms with Crippen molar-refractivity contribution < 1.29 is 94.0 Å². The normalized spacial score (nSPS) is 44.8. The van der Waals surface area contributed by atoms with Crippen LogP contribution in [0, 0.1) is 68.5 Å². The van der Waals surface area contributed by atoms with Crippen LogP contribution in [-0.4, -0.2) is 96.7 Å². The number of Topliss-reactive ketones (excluding diaryl/α,β-unsaturated/α-hetero) is 1. The van der Waals surface area contributed by atoms with E-state index in [4.69, 9.17) is 14.6 Å². The van der Waals surface area contributed by atoms with Gasteiger partial charge in [-0.2, -0.15) is 0 Å². The number of aliphatic carboxylic acids is 2. The molecule has 8 rings (SSSR count). The van der Waals surface area contributed by atoms with Crippen molar-refractivity contribution in [1.29, 1.82) is 0 Å². The monoisotopic (exact) mass is 961 g/mol. The van der Waals surface area contributed by atoms with Gasteiger partial charge in [-0.3, -0.25) is 14.4 Å². The zero-order chi connectivity index (χ0) is 50.0. The molecule has 0 amide bonds. The van der Waals surface area contributed by atoms with Gasteiger partial charge in [0.25, 0.3) is 0 Å². The van der Waals surface area contributed by atoms with Crippen LogP contribution in [0.5, 0.6) is 0 Å². The number of rotatable bonds is 7. The third-order valence-electron chi connectivity index (χ3n) is 20.2. The molecule has 376 valence electrons. The van der Waals surface area contributed by atoms with Gasteiger partial charge in [0, 0.05) is 30.3 Å². The molecule has 8 aliphatic rings. The number of aliphatic hydroxyl groups is 5. The van der Waals surface area contributed by atoms with Crippen molar-refractivity contribution in [2.24, 2.45) is 68.5 Å². The number of ketones is 2. The number of carboxylic acid groups (broad SMARTS) is 2. The number of carboxylic acids is 2. The smallest absolute Gasteiger partial charge is 0.550 e. The minimum atomic E-state index is -1.54. The molecule has 13 nitrogen and oxygen atoms in total. The summed E-state index contributed by atoms with van der Waals surface area (Å²) in [6, 6.07) is 0. The molecule has 0 aromatic rings. The number of fused-ring (bicyclic) bond motifs is 10. The second-order valence-corrected chi connectivity index (χ2v) is 23.7.